The largest absolute Gasteiger partial charge is 0.506 e. The molecule has 6 aromatic rings. The van der Waals surface area contributed by atoms with Crippen molar-refractivity contribution in [2.45, 2.75) is 36.5 Å². The summed E-state index contributed by atoms with van der Waals surface area (Å²) in [5, 5.41) is 39.7. The first kappa shape index (κ1) is 42.0. The van der Waals surface area contributed by atoms with Crippen LogP contribution in [0.15, 0.2) is 127 Å². The maximum absolute atomic E-state index is 11.6. The molecule has 53 heavy (non-hydrogen) atoms. The van der Waals surface area contributed by atoms with Crippen molar-refractivity contribution >= 4 is 125 Å². The zero-order chi connectivity index (χ0) is 37.8. The van der Waals surface area contributed by atoms with E-state index >= 15 is 0 Å². The van der Waals surface area contributed by atoms with Gasteiger partial charge in [-0.1, -0.05) is 97.7 Å². The van der Waals surface area contributed by atoms with Gasteiger partial charge in [0, 0.05) is 58.6 Å². The zero-order valence-corrected chi connectivity index (χ0v) is 33.5. The molecule has 0 aliphatic heterocycles. The van der Waals surface area contributed by atoms with Crippen molar-refractivity contribution < 1.29 is 36.2 Å². The van der Waals surface area contributed by atoms with Crippen molar-refractivity contribution in [3.8, 4) is 11.5 Å². The number of fused-ring (bicyclic) bond motifs is 2. The van der Waals surface area contributed by atoms with Crippen LogP contribution in [0.3, 0.4) is 0 Å². The summed E-state index contributed by atoms with van der Waals surface area (Å²) in [5.74, 6) is -0.184. The molecule has 6 rings (SSSR count). The maximum atomic E-state index is 11.6. The molecule has 0 fully saturated rings. The Labute approximate surface area is 345 Å². The molecule has 2 radical (unpaired) electrons. The normalized spacial score (nSPS) is 11.9. The number of azo groups is 2. The summed E-state index contributed by atoms with van der Waals surface area (Å²) in [6.45, 7) is 3.71. The number of aromatic hydroxyl groups is 2. The summed E-state index contributed by atoms with van der Waals surface area (Å²) < 4.78 is 65.5. The molecule has 0 aromatic heterocycles. The van der Waals surface area contributed by atoms with Crippen LogP contribution in [0.4, 0.5) is 22.7 Å². The van der Waals surface area contributed by atoms with Gasteiger partial charge in [-0.3, -0.25) is 9.11 Å². The summed E-state index contributed by atoms with van der Waals surface area (Å²) in [7, 11) is -9.08. The molecule has 0 saturated carbocycles. The summed E-state index contributed by atoms with van der Waals surface area (Å²) in [4.78, 5) is -0.883. The van der Waals surface area contributed by atoms with Gasteiger partial charge in [0.2, 0.25) is 0 Å². The van der Waals surface area contributed by atoms with E-state index in [4.69, 9.17) is 23.2 Å². The third-order valence-corrected chi connectivity index (χ3v) is 10.3. The number of rotatable bonds is 8. The predicted molar refractivity (Wildman–Crippen MR) is 207 cm³/mol. The number of halogens is 2. The van der Waals surface area contributed by atoms with Crippen molar-refractivity contribution in [3.63, 3.8) is 0 Å². The number of phenolic OH excluding ortho intramolecular Hbond substituents is 2. The predicted octanol–water partition coefficient (Wildman–Crippen LogP) is 10.5. The minimum absolute atomic E-state index is 0. The van der Waals surface area contributed by atoms with Crippen molar-refractivity contribution in [3.05, 3.63) is 118 Å². The van der Waals surface area contributed by atoms with Gasteiger partial charge in [0.15, 0.2) is 0 Å². The molecule has 0 heterocycles. The SMILES string of the molecule is CCc1cc(N=Nc2c(O)ccc3ccccc23)c(S(=O)(=O)O)cc1Cl.CCc1cc(N=Nc2c(O)ccc3ccccc23)c(S(=O)(=O)O)cc1Cl.[Ca]. The van der Waals surface area contributed by atoms with Crippen molar-refractivity contribution in [1.82, 2.24) is 0 Å². The molecule has 17 heteroatoms. The second kappa shape index (κ2) is 17.6. The Morgan fingerprint density at radius 1 is 0.547 bits per heavy atom. The topological polar surface area (TPSA) is 199 Å². The first-order chi connectivity index (χ1) is 24.6. The van der Waals surface area contributed by atoms with Gasteiger partial charge in [-0.05, 0) is 71.1 Å². The Bertz CT molecular complexity index is 2440. The molecule has 270 valence electrons. The Kier molecular flexibility index (Phi) is 14.0. The fourth-order valence-corrected chi connectivity index (χ4v) is 7.18. The molecule has 0 bridgehead atoms. The molecule has 6 aromatic carbocycles. The minimum Gasteiger partial charge on any atom is -0.506 e. The van der Waals surface area contributed by atoms with Crippen molar-refractivity contribution in [1.29, 1.82) is 0 Å². The molecule has 0 amide bonds. The van der Waals surface area contributed by atoms with E-state index in [1.165, 1.54) is 24.3 Å². The molecular formula is C36H30CaCl2N4O8S2. The van der Waals surface area contributed by atoms with E-state index in [0.717, 1.165) is 22.9 Å². The third-order valence-electron chi connectivity index (χ3n) is 7.85. The summed E-state index contributed by atoms with van der Waals surface area (Å²) in [6.07, 6.45) is 1.10. The molecular weight excluding hydrogens is 792 g/mol. The average molecular weight is 822 g/mol. The summed E-state index contributed by atoms with van der Waals surface area (Å²) in [5.41, 5.74) is 1.63. The molecule has 0 aliphatic rings. The Hall–Kier alpha value is -3.70. The van der Waals surface area contributed by atoms with Crippen LogP contribution >= 0.6 is 23.2 Å². The second-order valence-electron chi connectivity index (χ2n) is 11.2. The molecule has 0 atom stereocenters. The quantitative estimate of drug-likeness (QED) is 0.0660. The standard InChI is InChI=1S/2C18H15ClN2O4S.Ca/c2*1-2-11-9-15(17(10-14(11)19)26(23,24)25)20-21-18-13-6-4-3-5-12(13)7-8-16(18)22;/h2*3-10,22H,2H2,1H3,(H,23,24,25);. The maximum Gasteiger partial charge on any atom is 0.296 e. The van der Waals surface area contributed by atoms with Gasteiger partial charge in [0.25, 0.3) is 20.2 Å². The van der Waals surface area contributed by atoms with Crippen LogP contribution in [0.2, 0.25) is 10.0 Å². The number of aryl methyl sites for hydroxylation is 2. The fraction of sp³-hybridized carbons (Fsp3) is 0.111. The summed E-state index contributed by atoms with van der Waals surface area (Å²) in [6, 6.07) is 26.2. The van der Waals surface area contributed by atoms with E-state index in [0.29, 0.717) is 34.7 Å². The van der Waals surface area contributed by atoms with E-state index in [1.807, 2.05) is 38.1 Å². The van der Waals surface area contributed by atoms with E-state index < -0.39 is 30.0 Å². The van der Waals surface area contributed by atoms with Crippen LogP contribution in [0.5, 0.6) is 11.5 Å². The van der Waals surface area contributed by atoms with E-state index in [2.05, 4.69) is 20.5 Å². The van der Waals surface area contributed by atoms with Gasteiger partial charge in [0.05, 0.1) is 0 Å². The van der Waals surface area contributed by atoms with Crippen LogP contribution < -0.4 is 0 Å². The molecule has 0 spiro atoms. The Morgan fingerprint density at radius 3 is 1.25 bits per heavy atom. The Balaban J connectivity index is 0.000000232. The van der Waals surface area contributed by atoms with Gasteiger partial charge in [-0.25, -0.2) is 0 Å². The van der Waals surface area contributed by atoms with Gasteiger partial charge >= 0.3 is 0 Å². The number of phenols is 2. The first-order valence-corrected chi connectivity index (χ1v) is 19.1. The third kappa shape index (κ3) is 9.89. The smallest absolute Gasteiger partial charge is 0.296 e. The Morgan fingerprint density at radius 2 is 0.906 bits per heavy atom. The van der Waals surface area contributed by atoms with Crippen LogP contribution in [0, 0.1) is 0 Å². The molecule has 0 saturated heterocycles. The van der Waals surface area contributed by atoms with Crippen LogP contribution in [-0.2, 0) is 33.1 Å². The van der Waals surface area contributed by atoms with Gasteiger partial charge in [0.1, 0.15) is 44.0 Å². The number of hydrogen-bond donors (Lipinski definition) is 4. The van der Waals surface area contributed by atoms with E-state index in [1.54, 1.807) is 36.4 Å². The molecule has 0 unspecified atom stereocenters. The molecule has 12 nitrogen and oxygen atoms in total. The van der Waals surface area contributed by atoms with Crippen molar-refractivity contribution in [2.75, 3.05) is 0 Å². The van der Waals surface area contributed by atoms with Crippen LogP contribution in [0.1, 0.15) is 25.0 Å². The average Bonchev–Trinajstić information content (AvgIpc) is 3.10. The van der Waals surface area contributed by atoms with Crippen LogP contribution in [-0.4, -0.2) is 73.9 Å². The fourth-order valence-electron chi connectivity index (χ4n) is 5.19. The first-order valence-electron chi connectivity index (χ1n) is 15.5. The molecule has 4 N–H and O–H groups in total. The van der Waals surface area contributed by atoms with Gasteiger partial charge in [-0.15, -0.1) is 20.5 Å². The van der Waals surface area contributed by atoms with Crippen molar-refractivity contribution in [2.24, 2.45) is 20.5 Å². The van der Waals surface area contributed by atoms with E-state index in [-0.39, 0.29) is 82.0 Å². The number of nitrogens with zero attached hydrogens (tertiary/aromatic N) is 4. The van der Waals surface area contributed by atoms with Gasteiger partial charge in [-0.2, -0.15) is 16.8 Å². The minimum atomic E-state index is -4.54. The molecule has 0 aliphatic carbocycles. The second-order valence-corrected chi connectivity index (χ2v) is 14.8. The van der Waals surface area contributed by atoms with E-state index in [9.17, 15) is 36.2 Å². The number of benzene rings is 6. The summed E-state index contributed by atoms with van der Waals surface area (Å²) >= 11 is 12.1. The van der Waals surface area contributed by atoms with Crippen LogP contribution in [0.25, 0.3) is 21.5 Å². The zero-order valence-electron chi connectivity index (χ0n) is 28.1. The van der Waals surface area contributed by atoms with Gasteiger partial charge < -0.3 is 10.2 Å². The monoisotopic (exact) mass is 820 g/mol. The number of hydrogen-bond acceptors (Lipinski definition) is 10.